The first-order chi connectivity index (χ1) is 8.59. The molecule has 0 saturated carbocycles. The molecule has 0 unspecified atom stereocenters. The first-order valence-electron chi connectivity index (χ1n) is 6.78. The van der Waals surface area contributed by atoms with Crippen LogP contribution in [0.15, 0.2) is 24.3 Å². The van der Waals surface area contributed by atoms with Crippen LogP contribution in [0.25, 0.3) is 0 Å². The average Bonchev–Trinajstić information content (AvgIpc) is 2.25. The molecule has 1 aromatic carbocycles. The molecule has 0 spiro atoms. The van der Waals surface area contributed by atoms with Gasteiger partial charge >= 0.3 is 0 Å². The number of hydrogen-bond donors (Lipinski definition) is 2. The lowest BCUT2D eigenvalue weighted by molar-refractivity contribution is -0.116. The smallest absolute Gasteiger partial charge is 0.224 e. The van der Waals surface area contributed by atoms with Gasteiger partial charge in [0.05, 0.1) is 0 Å². The van der Waals surface area contributed by atoms with E-state index in [1.165, 1.54) is 0 Å². The van der Waals surface area contributed by atoms with Gasteiger partial charge in [-0.25, -0.2) is 0 Å². The highest BCUT2D eigenvalue weighted by atomic mass is 16.1. The fourth-order valence-electron chi connectivity index (χ4n) is 1.89. The van der Waals surface area contributed by atoms with Gasteiger partial charge in [0.1, 0.15) is 0 Å². The van der Waals surface area contributed by atoms with Crippen molar-refractivity contribution in [2.75, 3.05) is 5.32 Å². The molecule has 3 heteroatoms. The van der Waals surface area contributed by atoms with E-state index in [2.05, 4.69) is 32.2 Å². The van der Waals surface area contributed by atoms with Gasteiger partial charge < -0.3 is 11.1 Å². The van der Waals surface area contributed by atoms with Crippen molar-refractivity contribution < 1.29 is 4.79 Å². The summed E-state index contributed by atoms with van der Waals surface area (Å²) in [7, 11) is 0. The molecule has 3 N–H and O–H groups in total. The Morgan fingerprint density at radius 2 is 1.74 bits per heavy atom. The number of carbonyl (C=O) groups excluding carboxylic acids is 1. The summed E-state index contributed by atoms with van der Waals surface area (Å²) in [6, 6.07) is 7.95. The predicted octanol–water partition coefficient (Wildman–Crippen LogP) is 3.44. The predicted molar refractivity (Wildman–Crippen MR) is 81.3 cm³/mol. The molecule has 0 radical (unpaired) electrons. The molecule has 0 bridgehead atoms. The summed E-state index contributed by atoms with van der Waals surface area (Å²) in [5, 5.41) is 3.00. The van der Waals surface area contributed by atoms with E-state index in [4.69, 9.17) is 5.73 Å². The Hall–Kier alpha value is -1.35. The molecule has 106 valence electrons. The molecule has 0 aliphatic rings. The van der Waals surface area contributed by atoms with Crippen LogP contribution in [0, 0.1) is 0 Å². The highest BCUT2D eigenvalue weighted by Crippen LogP contribution is 2.29. The second-order valence-corrected chi connectivity index (χ2v) is 6.83. The van der Waals surface area contributed by atoms with E-state index < -0.39 is 0 Å². The zero-order valence-corrected chi connectivity index (χ0v) is 12.7. The molecule has 0 saturated heterocycles. The maximum absolute atomic E-state index is 12.0. The number of nitrogens with two attached hydrogens (primary N) is 1. The second-order valence-electron chi connectivity index (χ2n) is 6.83. The number of nitrogens with one attached hydrogen (secondary N) is 1. The van der Waals surface area contributed by atoms with E-state index in [9.17, 15) is 4.79 Å². The monoisotopic (exact) mass is 262 g/mol. The highest BCUT2D eigenvalue weighted by Gasteiger charge is 2.19. The fraction of sp³-hybridized carbons (Fsp3) is 0.562. The first-order valence-corrected chi connectivity index (χ1v) is 6.78. The van der Waals surface area contributed by atoms with E-state index in [-0.39, 0.29) is 16.9 Å². The molecule has 0 aromatic heterocycles. The number of hydrogen-bond acceptors (Lipinski definition) is 2. The fourth-order valence-corrected chi connectivity index (χ4v) is 1.89. The Kier molecular flexibility index (Phi) is 4.75. The lowest BCUT2D eigenvalue weighted by Gasteiger charge is -2.23. The van der Waals surface area contributed by atoms with E-state index in [1.807, 2.05) is 32.0 Å². The second kappa shape index (κ2) is 5.74. The van der Waals surface area contributed by atoms with Gasteiger partial charge in [-0.2, -0.15) is 0 Å². The van der Waals surface area contributed by atoms with Crippen molar-refractivity contribution in [3.8, 4) is 0 Å². The van der Waals surface area contributed by atoms with Crippen molar-refractivity contribution in [3.63, 3.8) is 0 Å². The van der Waals surface area contributed by atoms with Crippen LogP contribution in [-0.2, 0) is 10.2 Å². The van der Waals surface area contributed by atoms with Crippen molar-refractivity contribution in [2.45, 2.75) is 58.4 Å². The number of amides is 1. The van der Waals surface area contributed by atoms with Crippen molar-refractivity contribution in [1.29, 1.82) is 0 Å². The molecule has 0 aliphatic carbocycles. The zero-order chi connectivity index (χ0) is 14.7. The summed E-state index contributed by atoms with van der Waals surface area (Å²) in [5.74, 6) is 0.0234. The number of para-hydroxylation sites is 1. The number of rotatable bonds is 4. The van der Waals surface area contributed by atoms with Crippen LogP contribution >= 0.6 is 0 Å². The van der Waals surface area contributed by atoms with Crippen LogP contribution in [0.1, 0.15) is 53.0 Å². The summed E-state index contributed by atoms with van der Waals surface area (Å²) >= 11 is 0. The molecule has 1 rings (SSSR count). The lowest BCUT2D eigenvalue weighted by atomic mass is 9.86. The number of carbonyl (C=O) groups is 1. The third-order valence-corrected chi connectivity index (χ3v) is 3.01. The highest BCUT2D eigenvalue weighted by molar-refractivity contribution is 5.91. The van der Waals surface area contributed by atoms with Crippen LogP contribution in [0.5, 0.6) is 0 Å². The summed E-state index contributed by atoms with van der Waals surface area (Å²) in [4.78, 5) is 12.0. The Balaban J connectivity index is 2.75. The van der Waals surface area contributed by atoms with Crippen molar-refractivity contribution in [1.82, 2.24) is 0 Å². The van der Waals surface area contributed by atoms with Gasteiger partial charge in [0.2, 0.25) is 5.91 Å². The average molecular weight is 262 g/mol. The van der Waals surface area contributed by atoms with Crippen molar-refractivity contribution in [3.05, 3.63) is 29.8 Å². The molecule has 0 fully saturated rings. The minimum Gasteiger partial charge on any atom is -0.326 e. The van der Waals surface area contributed by atoms with Crippen LogP contribution in [-0.4, -0.2) is 11.4 Å². The van der Waals surface area contributed by atoms with Gasteiger partial charge in [-0.05, 0) is 37.3 Å². The summed E-state index contributed by atoms with van der Waals surface area (Å²) < 4.78 is 0. The first kappa shape index (κ1) is 15.7. The molecular weight excluding hydrogens is 236 g/mol. The molecule has 0 heterocycles. The van der Waals surface area contributed by atoms with Gasteiger partial charge in [0.25, 0.3) is 0 Å². The molecule has 0 atom stereocenters. The van der Waals surface area contributed by atoms with Crippen molar-refractivity contribution in [2.24, 2.45) is 5.73 Å². The Morgan fingerprint density at radius 1 is 1.16 bits per heavy atom. The maximum atomic E-state index is 12.0. The van der Waals surface area contributed by atoms with Crippen LogP contribution < -0.4 is 11.1 Å². The SMILES string of the molecule is CC(C)(N)CCC(=O)Nc1ccccc1C(C)(C)C. The summed E-state index contributed by atoms with van der Waals surface area (Å²) in [6.07, 6.45) is 1.12. The topological polar surface area (TPSA) is 55.1 Å². The normalized spacial score (nSPS) is 12.3. The zero-order valence-electron chi connectivity index (χ0n) is 12.7. The van der Waals surface area contributed by atoms with Gasteiger partial charge in [-0.1, -0.05) is 39.0 Å². The number of benzene rings is 1. The van der Waals surface area contributed by atoms with E-state index >= 15 is 0 Å². The largest absolute Gasteiger partial charge is 0.326 e. The van der Waals surface area contributed by atoms with Gasteiger partial charge in [-0.3, -0.25) is 4.79 Å². The van der Waals surface area contributed by atoms with Crippen LogP contribution in [0.4, 0.5) is 5.69 Å². The van der Waals surface area contributed by atoms with Crippen molar-refractivity contribution >= 4 is 11.6 Å². The molecule has 1 aromatic rings. The van der Waals surface area contributed by atoms with Gasteiger partial charge in [-0.15, -0.1) is 0 Å². The molecule has 3 nitrogen and oxygen atoms in total. The lowest BCUT2D eigenvalue weighted by Crippen LogP contribution is -2.33. The minimum atomic E-state index is -0.305. The standard InChI is InChI=1S/C16H26N2O/c1-15(2,3)12-8-6-7-9-13(12)18-14(19)10-11-16(4,5)17/h6-9H,10-11,17H2,1-5H3,(H,18,19). The summed E-state index contributed by atoms with van der Waals surface area (Å²) in [6.45, 7) is 10.3. The van der Waals surface area contributed by atoms with Crippen LogP contribution in [0.2, 0.25) is 0 Å². The third-order valence-electron chi connectivity index (χ3n) is 3.01. The summed E-state index contributed by atoms with van der Waals surface area (Å²) in [5.41, 5.74) is 7.65. The molecule has 0 aliphatic heterocycles. The quantitative estimate of drug-likeness (QED) is 0.873. The van der Waals surface area contributed by atoms with E-state index in [0.29, 0.717) is 12.8 Å². The molecule has 1 amide bonds. The van der Waals surface area contributed by atoms with E-state index in [1.54, 1.807) is 0 Å². The van der Waals surface area contributed by atoms with Gasteiger partial charge in [0.15, 0.2) is 0 Å². The molecular formula is C16H26N2O. The van der Waals surface area contributed by atoms with E-state index in [0.717, 1.165) is 11.3 Å². The third kappa shape index (κ3) is 5.43. The maximum Gasteiger partial charge on any atom is 0.224 e. The Morgan fingerprint density at radius 3 is 2.26 bits per heavy atom. The molecule has 19 heavy (non-hydrogen) atoms. The Bertz CT molecular complexity index is 439. The number of anilines is 1. The van der Waals surface area contributed by atoms with Gasteiger partial charge in [0, 0.05) is 17.6 Å². The minimum absolute atomic E-state index is 0.0109. The van der Waals surface area contributed by atoms with Crippen LogP contribution in [0.3, 0.4) is 0 Å². The Labute approximate surface area is 116 Å².